The standard InChI is InChI=1S/C29H45NO7/c1-6-7-16-34-27(32)19-36-26-11-9-8-10-23(26)21-12-14-22(15-13-21)35-18-24-25(31)17-20(2)30(24)28(33)37-29(3,4)5/h8-11,20-22,24-25,31H,6-7,12-19H2,1-5H3/t20-,21?,22?,24?,25?/m1/s1. The van der Waals surface area contributed by atoms with Crippen LogP contribution in [0.5, 0.6) is 5.75 Å². The fourth-order valence-corrected chi connectivity index (χ4v) is 5.19. The number of amides is 1. The molecular formula is C29H45NO7. The van der Waals surface area contributed by atoms with Crippen molar-refractivity contribution in [3.05, 3.63) is 29.8 Å². The maximum Gasteiger partial charge on any atom is 0.410 e. The van der Waals surface area contributed by atoms with Crippen molar-refractivity contribution >= 4 is 12.1 Å². The third-order valence-corrected chi connectivity index (χ3v) is 7.11. The first-order valence-electron chi connectivity index (χ1n) is 13.8. The Kier molecular flexibility index (Phi) is 10.6. The fourth-order valence-electron chi connectivity index (χ4n) is 5.19. The molecule has 1 saturated carbocycles. The fraction of sp³-hybridized carbons (Fsp3) is 0.724. The first-order chi connectivity index (χ1) is 17.6. The predicted molar refractivity (Wildman–Crippen MR) is 141 cm³/mol. The summed E-state index contributed by atoms with van der Waals surface area (Å²) in [5, 5.41) is 10.6. The Hall–Kier alpha value is -2.32. The summed E-state index contributed by atoms with van der Waals surface area (Å²) in [6.07, 6.45) is 5.01. The molecule has 1 saturated heterocycles. The van der Waals surface area contributed by atoms with Crippen molar-refractivity contribution in [3.63, 3.8) is 0 Å². The van der Waals surface area contributed by atoms with Crippen LogP contribution >= 0.6 is 0 Å². The second kappa shape index (κ2) is 13.5. The summed E-state index contributed by atoms with van der Waals surface area (Å²) in [5.41, 5.74) is 0.516. The van der Waals surface area contributed by atoms with Gasteiger partial charge >= 0.3 is 12.1 Å². The van der Waals surface area contributed by atoms with Crippen LogP contribution < -0.4 is 4.74 Å². The molecule has 8 heteroatoms. The van der Waals surface area contributed by atoms with Crippen LogP contribution in [0.25, 0.3) is 0 Å². The van der Waals surface area contributed by atoms with Crippen LogP contribution in [0.2, 0.25) is 0 Å². The molecule has 1 aromatic carbocycles. The summed E-state index contributed by atoms with van der Waals surface area (Å²) in [4.78, 5) is 26.4. The summed E-state index contributed by atoms with van der Waals surface area (Å²) in [7, 11) is 0. The van der Waals surface area contributed by atoms with Gasteiger partial charge in [0, 0.05) is 6.04 Å². The summed E-state index contributed by atoms with van der Waals surface area (Å²) in [5.74, 6) is 0.710. The number of hydrogen-bond donors (Lipinski definition) is 1. The Labute approximate surface area is 221 Å². The van der Waals surface area contributed by atoms with Crippen LogP contribution in [0, 0.1) is 0 Å². The smallest absolute Gasteiger partial charge is 0.410 e. The Balaban J connectivity index is 1.50. The van der Waals surface area contributed by atoms with E-state index in [-0.39, 0.29) is 24.7 Å². The van der Waals surface area contributed by atoms with Gasteiger partial charge in [0.05, 0.1) is 31.5 Å². The Morgan fingerprint density at radius 1 is 1.11 bits per heavy atom. The van der Waals surface area contributed by atoms with Gasteiger partial charge in [0.25, 0.3) is 0 Å². The third-order valence-electron chi connectivity index (χ3n) is 7.11. The summed E-state index contributed by atoms with van der Waals surface area (Å²) >= 11 is 0. The molecule has 0 aromatic heterocycles. The first-order valence-corrected chi connectivity index (χ1v) is 13.8. The number of esters is 1. The molecule has 1 aromatic rings. The van der Waals surface area contributed by atoms with Crippen molar-refractivity contribution < 1.29 is 33.6 Å². The van der Waals surface area contributed by atoms with E-state index < -0.39 is 23.8 Å². The Morgan fingerprint density at radius 2 is 1.81 bits per heavy atom. The van der Waals surface area contributed by atoms with Crippen LogP contribution in [0.4, 0.5) is 4.79 Å². The number of ether oxygens (including phenoxy) is 4. The number of benzene rings is 1. The topological polar surface area (TPSA) is 94.5 Å². The van der Waals surface area contributed by atoms with Gasteiger partial charge in [0.2, 0.25) is 0 Å². The normalized spacial score (nSPS) is 26.1. The monoisotopic (exact) mass is 519 g/mol. The van der Waals surface area contributed by atoms with Crippen LogP contribution in [0.3, 0.4) is 0 Å². The molecule has 2 aliphatic rings. The molecule has 8 nitrogen and oxygen atoms in total. The van der Waals surface area contributed by atoms with E-state index in [9.17, 15) is 14.7 Å². The van der Waals surface area contributed by atoms with Gasteiger partial charge in [0.15, 0.2) is 6.61 Å². The number of likely N-dealkylation sites (tertiary alicyclic amines) is 1. The van der Waals surface area contributed by atoms with Gasteiger partial charge in [-0.15, -0.1) is 0 Å². The molecular weight excluding hydrogens is 474 g/mol. The van der Waals surface area contributed by atoms with Crippen molar-refractivity contribution in [1.82, 2.24) is 4.90 Å². The highest BCUT2D eigenvalue weighted by Gasteiger charge is 2.43. The molecule has 0 radical (unpaired) electrons. The molecule has 0 bridgehead atoms. The largest absolute Gasteiger partial charge is 0.482 e. The van der Waals surface area contributed by atoms with E-state index in [0.717, 1.165) is 49.8 Å². The van der Waals surface area contributed by atoms with E-state index in [1.807, 2.05) is 45.9 Å². The molecule has 1 heterocycles. The average Bonchev–Trinajstić information content (AvgIpc) is 3.13. The van der Waals surface area contributed by atoms with Gasteiger partial charge in [-0.1, -0.05) is 31.5 Å². The molecule has 2 fully saturated rings. The van der Waals surface area contributed by atoms with E-state index in [4.69, 9.17) is 18.9 Å². The third kappa shape index (κ3) is 8.60. The lowest BCUT2D eigenvalue weighted by Gasteiger charge is -2.34. The highest BCUT2D eigenvalue weighted by Crippen LogP contribution is 2.38. The molecule has 3 atom stereocenters. The molecule has 2 unspecified atom stereocenters. The van der Waals surface area contributed by atoms with Gasteiger partial charge < -0.3 is 24.1 Å². The van der Waals surface area contributed by atoms with Crippen molar-refractivity contribution in [2.75, 3.05) is 19.8 Å². The maximum absolute atomic E-state index is 12.8. The lowest BCUT2D eigenvalue weighted by atomic mass is 9.82. The number of carbonyl (C=O) groups is 2. The zero-order valence-electron chi connectivity index (χ0n) is 23.1. The van der Waals surface area contributed by atoms with E-state index in [0.29, 0.717) is 25.6 Å². The van der Waals surface area contributed by atoms with E-state index in [1.54, 1.807) is 4.90 Å². The number of carbonyl (C=O) groups excluding carboxylic acids is 2. The van der Waals surface area contributed by atoms with Crippen molar-refractivity contribution in [2.45, 2.75) is 115 Å². The molecule has 0 spiro atoms. The van der Waals surface area contributed by atoms with Gasteiger partial charge in [-0.05, 0) is 83.8 Å². The first kappa shape index (κ1) is 29.2. The molecule has 1 aliphatic heterocycles. The van der Waals surface area contributed by atoms with Crippen molar-refractivity contribution in [3.8, 4) is 5.75 Å². The summed E-state index contributed by atoms with van der Waals surface area (Å²) in [6, 6.07) is 7.38. The molecule has 3 rings (SSSR count). The minimum atomic E-state index is -0.628. The number of nitrogens with zero attached hydrogens (tertiary/aromatic N) is 1. The average molecular weight is 520 g/mol. The minimum absolute atomic E-state index is 0.0708. The molecule has 1 N–H and O–H groups in total. The van der Waals surface area contributed by atoms with Gasteiger partial charge in [-0.25, -0.2) is 9.59 Å². The van der Waals surface area contributed by atoms with Crippen molar-refractivity contribution in [1.29, 1.82) is 0 Å². The summed E-state index contributed by atoms with van der Waals surface area (Å²) in [6.45, 7) is 10.1. The lowest BCUT2D eigenvalue weighted by molar-refractivity contribution is -0.146. The summed E-state index contributed by atoms with van der Waals surface area (Å²) < 4.78 is 22.8. The van der Waals surface area contributed by atoms with Gasteiger partial charge in [0.1, 0.15) is 11.4 Å². The van der Waals surface area contributed by atoms with E-state index in [2.05, 4.69) is 13.0 Å². The highest BCUT2D eigenvalue weighted by atomic mass is 16.6. The van der Waals surface area contributed by atoms with Crippen molar-refractivity contribution in [2.24, 2.45) is 0 Å². The number of aliphatic hydroxyl groups is 1. The molecule has 37 heavy (non-hydrogen) atoms. The highest BCUT2D eigenvalue weighted by molar-refractivity contribution is 5.71. The number of hydrogen-bond acceptors (Lipinski definition) is 7. The van der Waals surface area contributed by atoms with Crippen LogP contribution in [-0.2, 0) is 19.0 Å². The van der Waals surface area contributed by atoms with Crippen LogP contribution in [0.1, 0.15) is 91.0 Å². The maximum atomic E-state index is 12.8. The van der Waals surface area contributed by atoms with Gasteiger partial charge in [-0.3, -0.25) is 4.90 Å². The number of unbranched alkanes of at least 4 members (excludes halogenated alkanes) is 1. The number of aliphatic hydroxyl groups excluding tert-OH is 1. The minimum Gasteiger partial charge on any atom is -0.482 e. The molecule has 1 amide bonds. The lowest BCUT2D eigenvalue weighted by Crippen LogP contribution is -2.47. The second-order valence-corrected chi connectivity index (χ2v) is 11.3. The number of para-hydroxylation sites is 1. The Morgan fingerprint density at radius 3 is 2.49 bits per heavy atom. The molecule has 1 aliphatic carbocycles. The zero-order valence-corrected chi connectivity index (χ0v) is 23.1. The number of rotatable bonds is 10. The zero-order chi connectivity index (χ0) is 27.0. The van der Waals surface area contributed by atoms with Crippen LogP contribution in [-0.4, -0.2) is 71.8 Å². The second-order valence-electron chi connectivity index (χ2n) is 11.3. The van der Waals surface area contributed by atoms with Gasteiger partial charge in [-0.2, -0.15) is 0 Å². The quantitative estimate of drug-likeness (QED) is 0.335. The van der Waals surface area contributed by atoms with Crippen LogP contribution in [0.15, 0.2) is 24.3 Å². The SMILES string of the molecule is CCCCOC(=O)COc1ccccc1C1CCC(OCC2C(O)C[C@@H](C)N2C(=O)OC(C)(C)C)CC1. The molecule has 208 valence electrons. The van der Waals surface area contributed by atoms with E-state index in [1.165, 1.54) is 0 Å². The Bertz CT molecular complexity index is 875. The van der Waals surface area contributed by atoms with E-state index >= 15 is 0 Å². The predicted octanol–water partition coefficient (Wildman–Crippen LogP) is 5.21.